The monoisotopic (exact) mass is 242 g/mol. The normalized spacial score (nSPS) is 24.0. The zero-order chi connectivity index (χ0) is 5.98. The minimum atomic E-state index is -1.20. The van der Waals surface area contributed by atoms with Crippen molar-refractivity contribution < 1.29 is 14.0 Å². The van der Waals surface area contributed by atoms with Crippen LogP contribution >= 0.6 is 19.4 Å². The van der Waals surface area contributed by atoms with Gasteiger partial charge in [0.2, 0.25) is 0 Å². The predicted octanol–water partition coefficient (Wildman–Crippen LogP) is 3.27. The van der Waals surface area contributed by atoms with E-state index in [0.717, 1.165) is 4.51 Å². The fraction of sp³-hybridized carbons (Fsp3) is 1.00. The fourth-order valence-corrected chi connectivity index (χ4v) is 4.11. The Morgan fingerprint density at radius 1 is 1.12 bits per heavy atom. The van der Waals surface area contributed by atoms with E-state index in [1.54, 1.807) is 0 Å². The van der Waals surface area contributed by atoms with Gasteiger partial charge in [-0.1, -0.05) is 0 Å². The summed E-state index contributed by atoms with van der Waals surface area (Å²) in [6.07, 6.45) is 5.29. The summed E-state index contributed by atoms with van der Waals surface area (Å²) in [5.74, 6) is 0. The summed E-state index contributed by atoms with van der Waals surface area (Å²) in [7, 11) is 11.6. The summed E-state index contributed by atoms with van der Waals surface area (Å²) in [6.45, 7) is 0. The molecule has 3 heteroatoms. The van der Waals surface area contributed by atoms with Crippen LogP contribution in [0.25, 0.3) is 0 Å². The van der Waals surface area contributed by atoms with E-state index in [-0.39, 0.29) is 0 Å². The maximum atomic E-state index is 5.78. The van der Waals surface area contributed by atoms with Crippen LogP contribution in [-0.4, -0.2) is 0 Å². The van der Waals surface area contributed by atoms with Gasteiger partial charge in [0.05, 0.1) is 0 Å². The van der Waals surface area contributed by atoms with Gasteiger partial charge in [-0.25, -0.2) is 0 Å². The van der Waals surface area contributed by atoms with Crippen LogP contribution in [0, 0.1) is 0 Å². The quantitative estimate of drug-likeness (QED) is 0.620. The second-order valence-corrected chi connectivity index (χ2v) is 8.30. The Hall–Kier alpha value is 1.20. The third kappa shape index (κ3) is 1.86. The van der Waals surface area contributed by atoms with Gasteiger partial charge < -0.3 is 0 Å². The van der Waals surface area contributed by atoms with Crippen LogP contribution in [0.3, 0.4) is 0 Å². The Morgan fingerprint density at radius 2 is 1.62 bits per heavy atom. The van der Waals surface area contributed by atoms with Gasteiger partial charge in [0, 0.05) is 0 Å². The molecule has 0 spiro atoms. The van der Waals surface area contributed by atoms with Crippen LogP contribution in [0.4, 0.5) is 0 Å². The number of hydrogen-bond acceptors (Lipinski definition) is 0. The number of rotatable bonds is 1. The van der Waals surface area contributed by atoms with Gasteiger partial charge in [0.25, 0.3) is 0 Å². The Labute approximate surface area is 63.5 Å². The predicted molar refractivity (Wildman–Crippen MR) is 33.9 cm³/mol. The molecule has 1 saturated carbocycles. The molecule has 0 N–H and O–H groups in total. The SMILES string of the molecule is [Cl][Rh]([Cl])[CH]1CCCC1. The molecule has 0 aliphatic heterocycles. The van der Waals surface area contributed by atoms with E-state index in [0.29, 0.717) is 0 Å². The molecule has 0 heterocycles. The Balaban J connectivity index is 2.24. The molecule has 0 amide bonds. The third-order valence-electron chi connectivity index (χ3n) is 1.46. The zero-order valence-electron chi connectivity index (χ0n) is 4.50. The van der Waals surface area contributed by atoms with E-state index < -0.39 is 14.0 Å². The third-order valence-corrected chi connectivity index (χ3v) is 5.86. The molecule has 0 saturated heterocycles. The molecule has 1 rings (SSSR count). The molecule has 52 valence electrons. The summed E-state index contributed by atoms with van der Waals surface area (Å²) in [4.78, 5) is 0. The van der Waals surface area contributed by atoms with Gasteiger partial charge in [-0.05, 0) is 0 Å². The first-order valence-corrected chi connectivity index (χ1v) is 7.93. The molecule has 0 aromatic rings. The van der Waals surface area contributed by atoms with Crippen LogP contribution in [0.15, 0.2) is 0 Å². The average Bonchev–Trinajstić information content (AvgIpc) is 2.12. The van der Waals surface area contributed by atoms with Crippen molar-refractivity contribution in [3.8, 4) is 0 Å². The second kappa shape index (κ2) is 3.39. The zero-order valence-corrected chi connectivity index (χ0v) is 7.65. The standard InChI is InChI=1S/C5H9.2ClH.Rh/c1-2-4-5-3-1;;;/h1H,2-5H2;2*1H;/q;;;+2/p-2. The van der Waals surface area contributed by atoms with Crippen LogP contribution in [-0.2, 0) is 14.0 Å². The van der Waals surface area contributed by atoms with Gasteiger partial charge in [0.1, 0.15) is 0 Å². The molecule has 0 atom stereocenters. The number of hydrogen-bond donors (Lipinski definition) is 0. The fourth-order valence-electron chi connectivity index (χ4n) is 1.00. The van der Waals surface area contributed by atoms with Gasteiger partial charge in [0.15, 0.2) is 0 Å². The van der Waals surface area contributed by atoms with Crippen LogP contribution in [0.5, 0.6) is 0 Å². The topological polar surface area (TPSA) is 0 Å². The molecule has 0 nitrogen and oxygen atoms in total. The van der Waals surface area contributed by atoms with E-state index in [2.05, 4.69) is 0 Å². The second-order valence-electron chi connectivity index (χ2n) is 2.04. The average molecular weight is 243 g/mol. The van der Waals surface area contributed by atoms with E-state index in [4.69, 9.17) is 19.4 Å². The molecule has 0 aromatic carbocycles. The molecule has 0 radical (unpaired) electrons. The first-order valence-electron chi connectivity index (χ1n) is 2.76. The van der Waals surface area contributed by atoms with Crippen LogP contribution in [0.1, 0.15) is 25.7 Å². The molecule has 1 fully saturated rings. The van der Waals surface area contributed by atoms with Crippen molar-refractivity contribution in [3.63, 3.8) is 0 Å². The summed E-state index contributed by atoms with van der Waals surface area (Å²) >= 11 is -1.20. The first kappa shape index (κ1) is 7.31. The van der Waals surface area contributed by atoms with E-state index >= 15 is 0 Å². The minimum absolute atomic E-state index is 0.726. The molecule has 8 heavy (non-hydrogen) atoms. The Bertz CT molecular complexity index is 68.8. The summed E-state index contributed by atoms with van der Waals surface area (Å²) in [5, 5.41) is 0. The molecule has 0 aromatic heterocycles. The maximum absolute atomic E-state index is 5.78. The molecular formula is C5H9Cl2Rh. The number of halogens is 2. The molecule has 0 bridgehead atoms. The van der Waals surface area contributed by atoms with Crippen molar-refractivity contribution in [2.45, 2.75) is 30.2 Å². The van der Waals surface area contributed by atoms with Crippen LogP contribution in [0.2, 0.25) is 4.51 Å². The van der Waals surface area contributed by atoms with Crippen molar-refractivity contribution >= 4 is 19.4 Å². The van der Waals surface area contributed by atoms with Gasteiger partial charge in [-0.3, -0.25) is 0 Å². The summed E-state index contributed by atoms with van der Waals surface area (Å²) < 4.78 is 0.726. The van der Waals surface area contributed by atoms with Gasteiger partial charge in [-0.15, -0.1) is 0 Å². The first-order chi connectivity index (χ1) is 3.80. The van der Waals surface area contributed by atoms with Crippen LogP contribution < -0.4 is 0 Å². The Kier molecular flexibility index (Phi) is 3.10. The van der Waals surface area contributed by atoms with E-state index in [9.17, 15) is 0 Å². The van der Waals surface area contributed by atoms with Crippen molar-refractivity contribution in [1.82, 2.24) is 0 Å². The van der Waals surface area contributed by atoms with Crippen molar-refractivity contribution in [2.24, 2.45) is 0 Å². The van der Waals surface area contributed by atoms with Crippen molar-refractivity contribution in [3.05, 3.63) is 0 Å². The van der Waals surface area contributed by atoms with E-state index in [1.807, 2.05) is 0 Å². The van der Waals surface area contributed by atoms with Gasteiger partial charge in [-0.2, -0.15) is 0 Å². The van der Waals surface area contributed by atoms with E-state index in [1.165, 1.54) is 25.7 Å². The van der Waals surface area contributed by atoms with Crippen molar-refractivity contribution in [1.29, 1.82) is 0 Å². The molecule has 1 aliphatic rings. The summed E-state index contributed by atoms with van der Waals surface area (Å²) in [5.41, 5.74) is 0. The van der Waals surface area contributed by atoms with Crippen molar-refractivity contribution in [2.75, 3.05) is 0 Å². The Morgan fingerprint density at radius 3 is 1.88 bits per heavy atom. The summed E-state index contributed by atoms with van der Waals surface area (Å²) in [6, 6.07) is 0. The molecule has 0 unspecified atom stereocenters. The van der Waals surface area contributed by atoms with Gasteiger partial charge >= 0.3 is 63.5 Å². The molecular weight excluding hydrogens is 234 g/mol. The molecule has 1 aliphatic carbocycles.